The first-order valence-electron chi connectivity index (χ1n) is 9.82. The number of allylic oxidation sites excluding steroid dienone is 1. The average molecular weight is 409 g/mol. The topological polar surface area (TPSA) is 97.6 Å². The van der Waals surface area contributed by atoms with Crippen molar-refractivity contribution in [1.29, 1.82) is 0 Å². The molecule has 0 saturated carbocycles. The largest absolute Gasteiger partial charge is 0.328 e. The molecular formula is C23H19N7O. The van der Waals surface area contributed by atoms with Crippen molar-refractivity contribution in [2.45, 2.75) is 13.0 Å². The zero-order valence-corrected chi connectivity index (χ0v) is 16.7. The van der Waals surface area contributed by atoms with E-state index in [1.54, 1.807) is 41.6 Å². The monoisotopic (exact) mass is 409 g/mol. The van der Waals surface area contributed by atoms with Crippen LogP contribution >= 0.6 is 0 Å². The van der Waals surface area contributed by atoms with Gasteiger partial charge in [0.15, 0.2) is 5.82 Å². The maximum absolute atomic E-state index is 13.3. The second-order valence-electron chi connectivity index (χ2n) is 7.12. The molecule has 0 saturated heterocycles. The van der Waals surface area contributed by atoms with Crippen LogP contribution in [0.1, 0.15) is 18.5 Å². The van der Waals surface area contributed by atoms with Gasteiger partial charge in [0, 0.05) is 29.9 Å². The molecule has 31 heavy (non-hydrogen) atoms. The van der Waals surface area contributed by atoms with Gasteiger partial charge in [-0.15, -0.1) is 5.10 Å². The summed E-state index contributed by atoms with van der Waals surface area (Å²) in [6.45, 7) is 1.86. The maximum Gasteiger partial charge on any atom is 0.255 e. The molecular weight excluding hydrogens is 390 g/mol. The Morgan fingerprint density at radius 3 is 2.48 bits per heavy atom. The van der Waals surface area contributed by atoms with Crippen molar-refractivity contribution in [1.82, 2.24) is 24.7 Å². The third-order valence-corrected chi connectivity index (χ3v) is 5.05. The SMILES string of the molecule is CC1=C(C(=O)Nc2cccnc2)[C@H](c2cccnc2)n2nc(-c3ccccc3)nc2N1. The fourth-order valence-electron chi connectivity index (χ4n) is 3.64. The summed E-state index contributed by atoms with van der Waals surface area (Å²) in [6.07, 6.45) is 6.72. The van der Waals surface area contributed by atoms with Crippen LogP contribution < -0.4 is 10.6 Å². The summed E-state index contributed by atoms with van der Waals surface area (Å²) in [5, 5.41) is 10.9. The molecule has 5 rings (SSSR count). The second kappa shape index (κ2) is 7.83. The number of aromatic nitrogens is 5. The molecule has 1 aliphatic heterocycles. The van der Waals surface area contributed by atoms with Crippen molar-refractivity contribution in [3.63, 3.8) is 0 Å². The van der Waals surface area contributed by atoms with Crippen molar-refractivity contribution >= 4 is 17.5 Å². The number of amides is 1. The lowest BCUT2D eigenvalue weighted by molar-refractivity contribution is -0.113. The Hall–Kier alpha value is -4.33. The maximum atomic E-state index is 13.3. The van der Waals surface area contributed by atoms with Gasteiger partial charge in [-0.05, 0) is 30.7 Å². The van der Waals surface area contributed by atoms with Gasteiger partial charge in [-0.25, -0.2) is 4.68 Å². The van der Waals surface area contributed by atoms with E-state index in [1.165, 1.54) is 0 Å². The molecule has 1 aliphatic rings. The summed E-state index contributed by atoms with van der Waals surface area (Å²) >= 11 is 0. The summed E-state index contributed by atoms with van der Waals surface area (Å²) in [7, 11) is 0. The Morgan fingerprint density at radius 1 is 1.00 bits per heavy atom. The highest BCUT2D eigenvalue weighted by Crippen LogP contribution is 2.36. The fraction of sp³-hybridized carbons (Fsp3) is 0.0870. The number of nitrogens with zero attached hydrogens (tertiary/aromatic N) is 5. The lowest BCUT2D eigenvalue weighted by atomic mass is 9.96. The van der Waals surface area contributed by atoms with Crippen LogP contribution in [0, 0.1) is 0 Å². The number of benzene rings is 1. The Morgan fingerprint density at radius 2 is 1.77 bits per heavy atom. The molecule has 0 aliphatic carbocycles. The number of carbonyl (C=O) groups is 1. The van der Waals surface area contributed by atoms with Crippen molar-refractivity contribution in [2.75, 3.05) is 10.6 Å². The predicted octanol–water partition coefficient (Wildman–Crippen LogP) is 3.66. The number of hydrogen-bond acceptors (Lipinski definition) is 6. The van der Waals surface area contributed by atoms with E-state index in [1.807, 2.05) is 49.4 Å². The Balaban J connectivity index is 1.60. The highest BCUT2D eigenvalue weighted by Gasteiger charge is 2.34. The zero-order valence-electron chi connectivity index (χ0n) is 16.7. The molecule has 1 aromatic carbocycles. The van der Waals surface area contributed by atoms with E-state index in [0.29, 0.717) is 28.7 Å². The number of nitrogens with one attached hydrogen (secondary N) is 2. The Labute approximate surface area is 178 Å². The van der Waals surface area contributed by atoms with E-state index in [-0.39, 0.29) is 5.91 Å². The van der Waals surface area contributed by atoms with Crippen molar-refractivity contribution in [3.05, 3.63) is 96.2 Å². The summed E-state index contributed by atoms with van der Waals surface area (Å²) in [5.41, 5.74) is 3.59. The van der Waals surface area contributed by atoms with E-state index < -0.39 is 6.04 Å². The highest BCUT2D eigenvalue weighted by atomic mass is 16.1. The number of hydrogen-bond donors (Lipinski definition) is 2. The summed E-state index contributed by atoms with van der Waals surface area (Å²) in [4.78, 5) is 26.3. The van der Waals surface area contributed by atoms with Gasteiger partial charge in [-0.1, -0.05) is 36.4 Å². The van der Waals surface area contributed by atoms with E-state index in [4.69, 9.17) is 5.10 Å². The first-order valence-corrected chi connectivity index (χ1v) is 9.82. The van der Waals surface area contributed by atoms with Gasteiger partial charge in [0.2, 0.25) is 5.95 Å². The van der Waals surface area contributed by atoms with E-state index in [2.05, 4.69) is 25.6 Å². The molecule has 8 heteroatoms. The highest BCUT2D eigenvalue weighted by molar-refractivity contribution is 6.05. The van der Waals surface area contributed by atoms with Crippen LogP contribution in [0.15, 0.2) is 90.7 Å². The zero-order chi connectivity index (χ0) is 21.2. The molecule has 1 amide bonds. The number of anilines is 2. The van der Waals surface area contributed by atoms with Crippen LogP contribution in [0.5, 0.6) is 0 Å². The number of rotatable bonds is 4. The van der Waals surface area contributed by atoms with Crippen LogP contribution in [-0.2, 0) is 4.79 Å². The molecule has 4 heterocycles. The summed E-state index contributed by atoms with van der Waals surface area (Å²) in [6, 6.07) is 16.6. The number of carbonyl (C=O) groups excluding carboxylic acids is 1. The van der Waals surface area contributed by atoms with Crippen LogP contribution in [0.3, 0.4) is 0 Å². The first-order chi connectivity index (χ1) is 15.2. The second-order valence-corrected chi connectivity index (χ2v) is 7.12. The van der Waals surface area contributed by atoms with Gasteiger partial charge in [-0.3, -0.25) is 14.8 Å². The Kier molecular flexibility index (Phi) is 4.72. The van der Waals surface area contributed by atoms with Crippen LogP contribution in [-0.4, -0.2) is 30.6 Å². The number of fused-ring (bicyclic) bond motifs is 1. The molecule has 0 radical (unpaired) electrons. The molecule has 0 spiro atoms. The van der Waals surface area contributed by atoms with Gasteiger partial charge in [-0.2, -0.15) is 4.98 Å². The molecule has 0 fully saturated rings. The molecule has 4 aromatic rings. The van der Waals surface area contributed by atoms with Gasteiger partial charge in [0.05, 0.1) is 17.5 Å². The lowest BCUT2D eigenvalue weighted by Gasteiger charge is -2.28. The lowest BCUT2D eigenvalue weighted by Crippen LogP contribution is -2.31. The number of pyridine rings is 2. The normalized spacial score (nSPS) is 15.2. The van der Waals surface area contributed by atoms with Crippen LogP contribution in [0.25, 0.3) is 11.4 Å². The quantitative estimate of drug-likeness (QED) is 0.534. The molecule has 2 N–H and O–H groups in total. The van der Waals surface area contributed by atoms with Crippen LogP contribution in [0.4, 0.5) is 11.6 Å². The minimum absolute atomic E-state index is 0.241. The smallest absolute Gasteiger partial charge is 0.255 e. The van der Waals surface area contributed by atoms with Crippen molar-refractivity contribution < 1.29 is 4.79 Å². The van der Waals surface area contributed by atoms with Gasteiger partial charge in [0.1, 0.15) is 6.04 Å². The van der Waals surface area contributed by atoms with Crippen molar-refractivity contribution in [2.24, 2.45) is 0 Å². The van der Waals surface area contributed by atoms with E-state index in [0.717, 1.165) is 11.1 Å². The molecule has 8 nitrogen and oxygen atoms in total. The molecule has 152 valence electrons. The third kappa shape index (κ3) is 3.55. The third-order valence-electron chi connectivity index (χ3n) is 5.05. The first kappa shape index (κ1) is 18.7. The molecule has 1 atom stereocenters. The van der Waals surface area contributed by atoms with Gasteiger partial charge < -0.3 is 10.6 Å². The Bertz CT molecular complexity index is 1250. The standard InChI is InChI=1S/C23H19N7O/c1-15-19(22(31)27-18-10-6-12-25-14-18)20(17-9-5-11-24-13-17)30-23(26-15)28-21(29-30)16-7-3-2-4-8-16/h2-14,20H,1H3,(H,27,31)(H,26,28,29)/t20-/m0/s1. The summed E-state index contributed by atoms with van der Waals surface area (Å²) in [5.74, 6) is 0.913. The predicted molar refractivity (Wildman–Crippen MR) is 117 cm³/mol. The fourth-order valence-corrected chi connectivity index (χ4v) is 3.64. The van der Waals surface area contributed by atoms with E-state index >= 15 is 0 Å². The minimum atomic E-state index is -0.480. The molecule has 0 bridgehead atoms. The minimum Gasteiger partial charge on any atom is -0.328 e. The van der Waals surface area contributed by atoms with E-state index in [9.17, 15) is 4.79 Å². The van der Waals surface area contributed by atoms with Crippen LogP contribution in [0.2, 0.25) is 0 Å². The van der Waals surface area contributed by atoms with Gasteiger partial charge >= 0.3 is 0 Å². The molecule has 3 aromatic heterocycles. The summed E-state index contributed by atoms with van der Waals surface area (Å²) < 4.78 is 1.74. The van der Waals surface area contributed by atoms with Gasteiger partial charge in [0.25, 0.3) is 5.91 Å². The molecule has 0 unspecified atom stereocenters. The average Bonchev–Trinajstić information content (AvgIpc) is 3.23. The van der Waals surface area contributed by atoms with Crippen molar-refractivity contribution in [3.8, 4) is 11.4 Å².